The average molecular weight is 306 g/mol. The molecular formula is C17H20ClNO2. The first-order valence-corrected chi connectivity index (χ1v) is 7.38. The van der Waals surface area contributed by atoms with Gasteiger partial charge in [0.1, 0.15) is 18.1 Å². The summed E-state index contributed by atoms with van der Waals surface area (Å²) >= 11 is 6.10. The van der Waals surface area contributed by atoms with E-state index in [4.69, 9.17) is 26.8 Å². The van der Waals surface area contributed by atoms with Crippen molar-refractivity contribution in [1.82, 2.24) is 0 Å². The van der Waals surface area contributed by atoms with E-state index in [2.05, 4.69) is 0 Å². The Hall–Kier alpha value is -1.71. The highest BCUT2D eigenvalue weighted by atomic mass is 35.5. The van der Waals surface area contributed by atoms with Gasteiger partial charge in [-0.05, 0) is 43.7 Å². The fraction of sp³-hybridized carbons (Fsp3) is 0.294. The van der Waals surface area contributed by atoms with Gasteiger partial charge in [-0.2, -0.15) is 0 Å². The highest BCUT2D eigenvalue weighted by molar-refractivity contribution is 6.32. The molecule has 2 aromatic rings. The Bertz CT molecular complexity index is 599. The Labute approximate surface area is 130 Å². The summed E-state index contributed by atoms with van der Waals surface area (Å²) in [6.07, 6.45) is 0. The van der Waals surface area contributed by atoms with E-state index < -0.39 is 0 Å². The van der Waals surface area contributed by atoms with Crippen LogP contribution in [-0.4, -0.2) is 6.61 Å². The SMILES string of the molecule is CCOc1ccc(C(C)N)cc1COc1ccccc1Cl. The summed E-state index contributed by atoms with van der Waals surface area (Å²) in [5.41, 5.74) is 7.95. The number of benzene rings is 2. The van der Waals surface area contributed by atoms with Crippen molar-refractivity contribution in [2.75, 3.05) is 6.61 Å². The predicted molar refractivity (Wildman–Crippen MR) is 86.0 cm³/mol. The van der Waals surface area contributed by atoms with Gasteiger partial charge in [0.2, 0.25) is 0 Å². The van der Waals surface area contributed by atoms with Crippen LogP contribution < -0.4 is 15.2 Å². The summed E-state index contributed by atoms with van der Waals surface area (Å²) in [6, 6.07) is 13.3. The van der Waals surface area contributed by atoms with E-state index in [0.29, 0.717) is 24.0 Å². The average Bonchev–Trinajstić information content (AvgIpc) is 2.47. The normalized spacial score (nSPS) is 12.0. The van der Waals surface area contributed by atoms with Crippen LogP contribution in [0, 0.1) is 0 Å². The highest BCUT2D eigenvalue weighted by Crippen LogP contribution is 2.27. The molecule has 0 bridgehead atoms. The Morgan fingerprint density at radius 1 is 1.10 bits per heavy atom. The van der Waals surface area contributed by atoms with Crippen molar-refractivity contribution in [2.24, 2.45) is 5.73 Å². The molecule has 0 aliphatic heterocycles. The van der Waals surface area contributed by atoms with E-state index in [0.717, 1.165) is 16.9 Å². The Morgan fingerprint density at radius 3 is 2.52 bits per heavy atom. The summed E-state index contributed by atoms with van der Waals surface area (Å²) in [5.74, 6) is 1.47. The molecule has 0 saturated heterocycles. The minimum Gasteiger partial charge on any atom is -0.493 e. The quantitative estimate of drug-likeness (QED) is 0.863. The van der Waals surface area contributed by atoms with E-state index in [9.17, 15) is 0 Å². The lowest BCUT2D eigenvalue weighted by atomic mass is 10.1. The van der Waals surface area contributed by atoms with Crippen molar-refractivity contribution in [2.45, 2.75) is 26.5 Å². The van der Waals surface area contributed by atoms with Crippen LogP contribution in [0.2, 0.25) is 5.02 Å². The van der Waals surface area contributed by atoms with Crippen LogP contribution >= 0.6 is 11.6 Å². The van der Waals surface area contributed by atoms with Crippen molar-refractivity contribution < 1.29 is 9.47 Å². The maximum Gasteiger partial charge on any atom is 0.138 e. The molecule has 0 aliphatic rings. The van der Waals surface area contributed by atoms with E-state index in [-0.39, 0.29) is 6.04 Å². The lowest BCUT2D eigenvalue weighted by molar-refractivity contribution is 0.286. The third-order valence-electron chi connectivity index (χ3n) is 3.13. The topological polar surface area (TPSA) is 44.5 Å². The summed E-state index contributed by atoms with van der Waals surface area (Å²) in [7, 11) is 0. The number of hydrogen-bond donors (Lipinski definition) is 1. The minimum atomic E-state index is -0.0280. The number of nitrogens with two attached hydrogens (primary N) is 1. The number of ether oxygens (including phenoxy) is 2. The lowest BCUT2D eigenvalue weighted by Crippen LogP contribution is -2.07. The molecule has 0 spiro atoms. The van der Waals surface area contributed by atoms with Crippen LogP contribution in [0.25, 0.3) is 0 Å². The van der Waals surface area contributed by atoms with Gasteiger partial charge in [-0.15, -0.1) is 0 Å². The molecule has 1 unspecified atom stereocenters. The summed E-state index contributed by atoms with van der Waals surface area (Å²) in [4.78, 5) is 0. The molecule has 21 heavy (non-hydrogen) atoms. The fourth-order valence-corrected chi connectivity index (χ4v) is 2.20. The molecule has 2 N–H and O–H groups in total. The minimum absolute atomic E-state index is 0.0280. The van der Waals surface area contributed by atoms with Gasteiger partial charge < -0.3 is 15.2 Å². The summed E-state index contributed by atoms with van der Waals surface area (Å²) < 4.78 is 11.4. The second kappa shape index (κ2) is 7.34. The standard InChI is InChI=1S/C17H20ClNO2/c1-3-20-16-9-8-13(12(2)19)10-14(16)11-21-17-7-5-4-6-15(17)18/h4-10,12H,3,11,19H2,1-2H3. The molecule has 0 amide bonds. The van der Waals surface area contributed by atoms with Gasteiger partial charge in [0.25, 0.3) is 0 Å². The Balaban J connectivity index is 2.20. The van der Waals surface area contributed by atoms with Crippen LogP contribution in [0.5, 0.6) is 11.5 Å². The molecule has 0 saturated carbocycles. The predicted octanol–water partition coefficient (Wildman–Crippen LogP) is 4.34. The fourth-order valence-electron chi connectivity index (χ4n) is 2.01. The monoisotopic (exact) mass is 305 g/mol. The van der Waals surface area contributed by atoms with Gasteiger partial charge in [-0.25, -0.2) is 0 Å². The van der Waals surface area contributed by atoms with Crippen LogP contribution in [-0.2, 0) is 6.61 Å². The Kier molecular flexibility index (Phi) is 5.48. The highest BCUT2D eigenvalue weighted by Gasteiger charge is 2.09. The second-order valence-corrected chi connectivity index (χ2v) is 5.22. The molecule has 1 atom stereocenters. The van der Waals surface area contributed by atoms with Gasteiger partial charge in [0.15, 0.2) is 0 Å². The zero-order valence-electron chi connectivity index (χ0n) is 12.3. The number of rotatable bonds is 6. The molecular weight excluding hydrogens is 286 g/mol. The number of halogens is 1. The van der Waals surface area contributed by atoms with Gasteiger partial charge in [0, 0.05) is 11.6 Å². The van der Waals surface area contributed by atoms with Crippen molar-refractivity contribution in [3.63, 3.8) is 0 Å². The van der Waals surface area contributed by atoms with Gasteiger partial charge in [-0.3, -0.25) is 0 Å². The molecule has 2 rings (SSSR count). The largest absolute Gasteiger partial charge is 0.493 e. The van der Waals surface area contributed by atoms with Crippen molar-refractivity contribution >= 4 is 11.6 Å². The second-order valence-electron chi connectivity index (χ2n) is 4.81. The van der Waals surface area contributed by atoms with Crippen LogP contribution in [0.3, 0.4) is 0 Å². The van der Waals surface area contributed by atoms with E-state index in [1.165, 1.54) is 0 Å². The first-order chi connectivity index (χ1) is 10.1. The van der Waals surface area contributed by atoms with Crippen molar-refractivity contribution in [3.05, 3.63) is 58.6 Å². The van der Waals surface area contributed by atoms with E-state index in [1.54, 1.807) is 6.07 Å². The molecule has 0 heterocycles. The first-order valence-electron chi connectivity index (χ1n) is 7.00. The van der Waals surface area contributed by atoms with Gasteiger partial charge >= 0.3 is 0 Å². The zero-order valence-corrected chi connectivity index (χ0v) is 13.1. The molecule has 4 heteroatoms. The maximum atomic E-state index is 6.10. The number of para-hydroxylation sites is 1. The van der Waals surface area contributed by atoms with Crippen molar-refractivity contribution in [3.8, 4) is 11.5 Å². The maximum absolute atomic E-state index is 6.10. The summed E-state index contributed by atoms with van der Waals surface area (Å²) in [6.45, 7) is 4.91. The van der Waals surface area contributed by atoms with E-state index >= 15 is 0 Å². The van der Waals surface area contributed by atoms with Crippen molar-refractivity contribution in [1.29, 1.82) is 0 Å². The molecule has 2 aromatic carbocycles. The summed E-state index contributed by atoms with van der Waals surface area (Å²) in [5, 5.41) is 0.596. The smallest absolute Gasteiger partial charge is 0.138 e. The number of hydrogen-bond acceptors (Lipinski definition) is 3. The molecule has 3 nitrogen and oxygen atoms in total. The molecule has 0 radical (unpaired) electrons. The van der Waals surface area contributed by atoms with Crippen LogP contribution in [0.4, 0.5) is 0 Å². The van der Waals surface area contributed by atoms with E-state index in [1.807, 2.05) is 50.2 Å². The first kappa shape index (κ1) is 15.7. The molecule has 0 fully saturated rings. The Morgan fingerprint density at radius 2 is 1.86 bits per heavy atom. The van der Waals surface area contributed by atoms with Crippen LogP contribution in [0.15, 0.2) is 42.5 Å². The molecule has 0 aliphatic carbocycles. The third-order valence-corrected chi connectivity index (χ3v) is 3.44. The zero-order chi connectivity index (χ0) is 15.2. The lowest BCUT2D eigenvalue weighted by Gasteiger charge is -2.15. The molecule has 0 aromatic heterocycles. The molecule has 112 valence electrons. The van der Waals surface area contributed by atoms with Gasteiger partial charge in [-0.1, -0.05) is 29.8 Å². The third kappa shape index (κ3) is 4.13. The van der Waals surface area contributed by atoms with Crippen LogP contribution in [0.1, 0.15) is 31.0 Å². The van der Waals surface area contributed by atoms with Gasteiger partial charge in [0.05, 0.1) is 11.6 Å².